The molecule has 1 aliphatic carbocycles. The summed E-state index contributed by atoms with van der Waals surface area (Å²) in [6.45, 7) is 4.94. The third kappa shape index (κ3) is 2.88. The Morgan fingerprint density at radius 2 is 2.28 bits per heavy atom. The fraction of sp³-hybridized carbons (Fsp3) is 0.692. The summed E-state index contributed by atoms with van der Waals surface area (Å²) in [6.07, 6.45) is 5.97. The highest BCUT2D eigenvalue weighted by molar-refractivity contribution is 8.00. The van der Waals surface area contributed by atoms with Crippen molar-refractivity contribution in [2.45, 2.75) is 43.8 Å². The van der Waals surface area contributed by atoms with Crippen LogP contribution in [0.5, 0.6) is 0 Å². The maximum atomic E-state index is 11.6. The average Bonchev–Trinajstić information content (AvgIpc) is 2.27. The van der Waals surface area contributed by atoms with Gasteiger partial charge in [0.2, 0.25) is 0 Å². The summed E-state index contributed by atoms with van der Waals surface area (Å²) in [7, 11) is 0. The van der Waals surface area contributed by atoms with Crippen molar-refractivity contribution in [1.29, 1.82) is 0 Å². The van der Waals surface area contributed by atoms with Gasteiger partial charge in [-0.05, 0) is 19.1 Å². The van der Waals surface area contributed by atoms with Crippen molar-refractivity contribution in [3.8, 4) is 0 Å². The predicted octanol–water partition coefficient (Wildman–Crippen LogP) is 2.59. The van der Waals surface area contributed by atoms with Crippen molar-refractivity contribution in [2.75, 3.05) is 18.1 Å². The van der Waals surface area contributed by atoms with Gasteiger partial charge in [0.1, 0.15) is 11.6 Å². The summed E-state index contributed by atoms with van der Waals surface area (Å²) in [4.78, 5) is 18.8. The molecule has 1 heterocycles. The second kappa shape index (κ2) is 5.34. The first-order valence-corrected chi connectivity index (χ1v) is 7.67. The molecule has 2 rings (SSSR count). The molecule has 2 N–H and O–H groups in total. The lowest BCUT2D eigenvalue weighted by molar-refractivity contribution is 0.379. The predicted molar refractivity (Wildman–Crippen MR) is 77.5 cm³/mol. The van der Waals surface area contributed by atoms with E-state index in [1.165, 1.54) is 19.3 Å². The minimum atomic E-state index is -0.0805. The lowest BCUT2D eigenvalue weighted by Crippen LogP contribution is -2.40. The van der Waals surface area contributed by atoms with E-state index >= 15 is 0 Å². The van der Waals surface area contributed by atoms with Crippen molar-refractivity contribution in [2.24, 2.45) is 0 Å². The maximum Gasteiger partial charge on any atom is 0.252 e. The monoisotopic (exact) mass is 267 g/mol. The van der Waals surface area contributed by atoms with E-state index in [-0.39, 0.29) is 11.5 Å². The lowest BCUT2D eigenvalue weighted by Gasteiger charge is -2.40. The summed E-state index contributed by atoms with van der Waals surface area (Å²) in [5.74, 6) is 1.68. The number of nitrogens with one attached hydrogen (secondary N) is 2. The van der Waals surface area contributed by atoms with Crippen LogP contribution in [0.15, 0.2) is 10.9 Å². The van der Waals surface area contributed by atoms with Crippen LogP contribution in [0, 0.1) is 0 Å². The number of nitrogens with zero attached hydrogens (tertiary/aromatic N) is 1. The fourth-order valence-electron chi connectivity index (χ4n) is 2.12. The Hall–Kier alpha value is -0.970. The first-order valence-electron chi connectivity index (χ1n) is 6.45. The molecule has 0 unspecified atom stereocenters. The van der Waals surface area contributed by atoms with E-state index in [0.717, 1.165) is 12.4 Å². The molecule has 18 heavy (non-hydrogen) atoms. The number of aromatic amines is 1. The normalized spacial score (nSPS) is 17.6. The van der Waals surface area contributed by atoms with Gasteiger partial charge in [0.25, 0.3) is 5.56 Å². The third-order valence-electron chi connectivity index (χ3n) is 3.60. The highest BCUT2D eigenvalue weighted by Crippen LogP contribution is 2.42. The largest absolute Gasteiger partial charge is 0.368 e. The molecule has 0 aromatic carbocycles. The SMILES string of the molecule is CSC1(CNc2cc(=O)[nH]c(C(C)C)n2)CCC1. The van der Waals surface area contributed by atoms with Gasteiger partial charge in [-0.2, -0.15) is 11.8 Å². The summed E-state index contributed by atoms with van der Waals surface area (Å²) < 4.78 is 0.349. The molecule has 1 saturated carbocycles. The van der Waals surface area contributed by atoms with Crippen LogP contribution in [-0.4, -0.2) is 27.5 Å². The Labute approximate surface area is 112 Å². The molecule has 1 aliphatic rings. The second-order valence-corrected chi connectivity index (χ2v) is 6.54. The molecule has 4 nitrogen and oxygen atoms in total. The highest BCUT2D eigenvalue weighted by atomic mass is 32.2. The van der Waals surface area contributed by atoms with E-state index in [0.29, 0.717) is 10.6 Å². The van der Waals surface area contributed by atoms with E-state index in [1.807, 2.05) is 25.6 Å². The standard InChI is InChI=1S/C13H21N3OS/c1-9(2)12-15-10(7-11(17)16-12)14-8-13(18-3)5-4-6-13/h7,9H,4-6,8H2,1-3H3,(H2,14,15,16,17). The topological polar surface area (TPSA) is 57.8 Å². The molecule has 1 aromatic heterocycles. The van der Waals surface area contributed by atoms with Crippen molar-refractivity contribution < 1.29 is 0 Å². The van der Waals surface area contributed by atoms with E-state index in [2.05, 4.69) is 21.5 Å². The fourth-order valence-corrected chi connectivity index (χ4v) is 3.03. The molecule has 0 bridgehead atoms. The first kappa shape index (κ1) is 13.5. The van der Waals surface area contributed by atoms with Crippen LogP contribution >= 0.6 is 11.8 Å². The minimum Gasteiger partial charge on any atom is -0.368 e. The number of hydrogen-bond donors (Lipinski definition) is 2. The second-order valence-electron chi connectivity index (χ2n) is 5.26. The summed E-state index contributed by atoms with van der Waals surface area (Å²) in [6, 6.07) is 1.54. The quantitative estimate of drug-likeness (QED) is 0.861. The number of H-pyrrole nitrogens is 1. The Kier molecular flexibility index (Phi) is 4.00. The smallest absolute Gasteiger partial charge is 0.252 e. The molecule has 5 heteroatoms. The van der Waals surface area contributed by atoms with Gasteiger partial charge in [-0.1, -0.05) is 20.3 Å². The molecular weight excluding hydrogens is 246 g/mol. The molecular formula is C13H21N3OS. The molecule has 0 spiro atoms. The van der Waals surface area contributed by atoms with Crippen LogP contribution in [0.2, 0.25) is 0 Å². The van der Waals surface area contributed by atoms with Crippen LogP contribution < -0.4 is 10.9 Å². The number of anilines is 1. The molecule has 100 valence electrons. The van der Waals surface area contributed by atoms with Gasteiger partial charge in [-0.25, -0.2) is 4.98 Å². The molecule has 0 radical (unpaired) electrons. The molecule has 0 amide bonds. The van der Waals surface area contributed by atoms with Crippen LogP contribution in [0.1, 0.15) is 44.9 Å². The van der Waals surface area contributed by atoms with Gasteiger partial charge in [0, 0.05) is 23.3 Å². The average molecular weight is 267 g/mol. The number of aromatic nitrogens is 2. The highest BCUT2D eigenvalue weighted by Gasteiger charge is 2.35. The van der Waals surface area contributed by atoms with Gasteiger partial charge in [-0.15, -0.1) is 0 Å². The summed E-state index contributed by atoms with van der Waals surface area (Å²) in [5, 5.41) is 3.32. The number of hydrogen-bond acceptors (Lipinski definition) is 4. The summed E-state index contributed by atoms with van der Waals surface area (Å²) >= 11 is 1.92. The van der Waals surface area contributed by atoms with Crippen LogP contribution in [0.25, 0.3) is 0 Å². The molecule has 0 saturated heterocycles. The Balaban J connectivity index is 2.07. The zero-order valence-corrected chi connectivity index (χ0v) is 12.1. The van der Waals surface area contributed by atoms with Crippen LogP contribution in [0.4, 0.5) is 5.82 Å². The van der Waals surface area contributed by atoms with E-state index in [9.17, 15) is 4.79 Å². The third-order valence-corrected chi connectivity index (χ3v) is 5.01. The maximum absolute atomic E-state index is 11.6. The van der Waals surface area contributed by atoms with Gasteiger partial charge >= 0.3 is 0 Å². The van der Waals surface area contributed by atoms with E-state index in [4.69, 9.17) is 0 Å². The van der Waals surface area contributed by atoms with Gasteiger partial charge in [0.15, 0.2) is 0 Å². The van der Waals surface area contributed by atoms with Gasteiger partial charge < -0.3 is 10.3 Å². The van der Waals surface area contributed by atoms with Gasteiger partial charge in [-0.3, -0.25) is 4.79 Å². The first-order chi connectivity index (χ1) is 8.54. The molecule has 1 fully saturated rings. The van der Waals surface area contributed by atoms with Crippen molar-refractivity contribution in [3.63, 3.8) is 0 Å². The van der Waals surface area contributed by atoms with Gasteiger partial charge in [0.05, 0.1) is 0 Å². The van der Waals surface area contributed by atoms with Crippen molar-refractivity contribution in [3.05, 3.63) is 22.2 Å². The zero-order chi connectivity index (χ0) is 13.2. The Morgan fingerprint density at radius 3 is 2.78 bits per heavy atom. The Morgan fingerprint density at radius 1 is 1.56 bits per heavy atom. The number of rotatable bonds is 5. The Bertz CT molecular complexity index is 460. The van der Waals surface area contributed by atoms with Crippen molar-refractivity contribution in [1.82, 2.24) is 9.97 Å². The molecule has 0 atom stereocenters. The van der Waals surface area contributed by atoms with Crippen molar-refractivity contribution >= 4 is 17.6 Å². The molecule has 1 aromatic rings. The zero-order valence-electron chi connectivity index (χ0n) is 11.2. The summed E-state index contributed by atoms with van der Waals surface area (Å²) in [5.41, 5.74) is -0.0805. The molecule has 0 aliphatic heterocycles. The van der Waals surface area contributed by atoms with E-state index in [1.54, 1.807) is 6.07 Å². The van der Waals surface area contributed by atoms with E-state index < -0.39 is 0 Å². The van der Waals surface area contributed by atoms with Crippen LogP contribution in [-0.2, 0) is 0 Å². The van der Waals surface area contributed by atoms with Crippen LogP contribution in [0.3, 0.4) is 0 Å². The lowest BCUT2D eigenvalue weighted by atomic mass is 9.84. The number of thioether (sulfide) groups is 1. The minimum absolute atomic E-state index is 0.0805.